The van der Waals surface area contributed by atoms with Crippen LogP contribution in [0.25, 0.3) is 0 Å². The van der Waals surface area contributed by atoms with Crippen molar-refractivity contribution in [2.75, 3.05) is 0 Å². The van der Waals surface area contributed by atoms with E-state index in [1.165, 1.54) is 0 Å². The topological polar surface area (TPSA) is 80.3 Å². The van der Waals surface area contributed by atoms with Crippen LogP contribution in [0.4, 0.5) is 0 Å². The third-order valence-corrected chi connectivity index (χ3v) is 0. The molecule has 4 nitrogen and oxygen atoms in total. The molecule has 0 saturated carbocycles. The Labute approximate surface area is 107 Å². The van der Waals surface area contributed by atoms with Crippen molar-refractivity contribution in [1.29, 1.82) is 0 Å². The fraction of sp³-hybridized carbons (Fsp3) is 0. The average Bonchev–Trinajstić information content (AvgIpc) is 0.722. The van der Waals surface area contributed by atoms with Crippen LogP contribution in [0.5, 0.6) is 0 Å². The molecule has 0 aromatic carbocycles. The van der Waals surface area contributed by atoms with Crippen LogP contribution < -0.4 is 12.4 Å². The molecule has 0 aliphatic carbocycles. The Morgan fingerprint density at radius 2 is 1.12 bits per heavy atom. The molecule has 0 N–H and O–H groups in total. The van der Waals surface area contributed by atoms with Gasteiger partial charge in [0, 0.05) is 10.4 Å². The van der Waals surface area contributed by atoms with E-state index in [-0.39, 0.29) is 80.8 Å². The molecule has 0 saturated heterocycles. The predicted octanol–water partition coefficient (Wildman–Crippen LogP) is -4.72. The monoisotopic (exact) mass is 333 g/mol. The zero-order valence-electron chi connectivity index (χ0n) is 3.83. The van der Waals surface area contributed by atoms with Crippen LogP contribution in [-0.4, -0.2) is 66.4 Å². The molecule has 0 bridgehead atoms. The fourth-order valence-electron chi connectivity index (χ4n) is 0. The van der Waals surface area contributed by atoms with Gasteiger partial charge >= 0.3 is 68.4 Å². The van der Waals surface area contributed by atoms with Crippen LogP contribution in [0, 0.1) is 0 Å². The van der Waals surface area contributed by atoms with Crippen molar-refractivity contribution in [3.63, 3.8) is 0 Å². The fourth-order valence-corrected chi connectivity index (χ4v) is 0. The molecule has 40 valence electrons. The molecule has 0 amide bonds. The van der Waals surface area contributed by atoms with Gasteiger partial charge in [-0.2, -0.15) is 0 Å². The molecule has 8 heteroatoms. The maximum absolute atomic E-state index is 8.52. The quantitative estimate of drug-likeness (QED) is 0.253. The van der Waals surface area contributed by atoms with E-state index in [0.717, 1.165) is 0 Å². The van der Waals surface area contributed by atoms with E-state index in [0.29, 0.717) is 0 Å². The molecule has 0 radical (unpaired) electrons. The zero-order valence-corrected chi connectivity index (χ0v) is 12.8. The molecule has 0 aromatic heterocycles. The summed E-state index contributed by atoms with van der Waals surface area (Å²) in [6, 6.07) is 0. The predicted molar refractivity (Wildman–Crippen MR) is 16.2 cm³/mol. The summed E-state index contributed by atoms with van der Waals surface area (Å²) < 4.78 is 34.1. The van der Waals surface area contributed by atoms with E-state index in [1.807, 2.05) is 0 Å². The molecular weight excluding hydrogens is 334 g/mol. The largest absolute Gasteiger partial charge is 2.00 e. The van der Waals surface area contributed by atoms with Gasteiger partial charge in [-0.05, 0) is 0 Å². The van der Waals surface area contributed by atoms with Gasteiger partial charge in [0.2, 0.25) is 0 Å². The van der Waals surface area contributed by atoms with Crippen molar-refractivity contribution in [2.45, 2.75) is 0 Å². The Balaban J connectivity index is -0.0000000267. The van der Waals surface area contributed by atoms with Gasteiger partial charge in [-0.3, -0.25) is 8.42 Å². The molecule has 0 rings (SSSR count). The summed E-state index contributed by atoms with van der Waals surface area (Å²) in [5, 5.41) is 0. The smallest absolute Gasteiger partial charge is 1.00 e. The average molecular weight is 334 g/mol. The van der Waals surface area contributed by atoms with Gasteiger partial charge in [0.15, 0.2) is 0 Å². The van der Waals surface area contributed by atoms with Crippen molar-refractivity contribution in [2.24, 2.45) is 0 Å². The van der Waals surface area contributed by atoms with E-state index in [1.54, 1.807) is 0 Å². The molecule has 0 fully saturated rings. The molecule has 0 unspecified atom stereocenters. The summed E-state index contributed by atoms with van der Waals surface area (Å²) in [7, 11) is -5.17. The van der Waals surface area contributed by atoms with Crippen molar-refractivity contribution in [3.8, 4) is 0 Å². The van der Waals surface area contributed by atoms with Gasteiger partial charge < -0.3 is 21.5 Å². The Morgan fingerprint density at radius 1 is 1.12 bits per heavy atom. The number of hydrogen-bond donors (Lipinski definition) is 0. The van der Waals surface area contributed by atoms with Gasteiger partial charge in [-0.1, -0.05) is 0 Å². The first-order valence-electron chi connectivity index (χ1n) is 0.667. The van der Waals surface area contributed by atoms with E-state index >= 15 is 0 Å². The summed E-state index contributed by atoms with van der Waals surface area (Å²) in [5.74, 6) is 0. The van der Waals surface area contributed by atoms with Gasteiger partial charge in [0.1, 0.15) is 0 Å². The van der Waals surface area contributed by atoms with Crippen molar-refractivity contribution < 1.29 is 49.4 Å². The van der Waals surface area contributed by atoms with Gasteiger partial charge in [0.05, 0.1) is 0 Å². The van der Waals surface area contributed by atoms with Crippen molar-refractivity contribution in [3.05, 3.63) is 0 Å². The molecule has 0 heterocycles. The Bertz CT molecular complexity index is 99.2. The van der Waals surface area contributed by atoms with Crippen LogP contribution in [0.15, 0.2) is 0 Å². The first-order chi connectivity index (χ1) is 2.00. The minimum atomic E-state index is -5.17. The Kier molecular flexibility index (Phi) is 26.2. The van der Waals surface area contributed by atoms with Crippen molar-refractivity contribution in [1.82, 2.24) is 0 Å². The third kappa shape index (κ3) is 81.5. The van der Waals surface area contributed by atoms with E-state index < -0.39 is 10.4 Å². The van der Waals surface area contributed by atoms with Crippen LogP contribution in [-0.2, 0) is 29.9 Å². The molecule has 0 aliphatic heterocycles. The summed E-state index contributed by atoms with van der Waals surface area (Å²) in [6.45, 7) is 0. The van der Waals surface area contributed by atoms with Crippen LogP contribution in [0.1, 0.15) is 0 Å². The van der Waals surface area contributed by atoms with Crippen LogP contribution >= 0.6 is 0 Å². The second-order valence-electron chi connectivity index (χ2n) is 0.408. The van der Waals surface area contributed by atoms with Gasteiger partial charge in [0.25, 0.3) is 0 Å². The van der Waals surface area contributed by atoms with Gasteiger partial charge in [-0.15, -0.1) is 0 Å². The molecule has 0 spiro atoms. The minimum Gasteiger partial charge on any atom is -1.00 e. The number of rotatable bonds is 0. The summed E-state index contributed by atoms with van der Waals surface area (Å²) in [4.78, 5) is 0. The van der Waals surface area contributed by atoms with E-state index in [9.17, 15) is 0 Å². The normalized spacial score (nSPS) is 7.25. The minimum absolute atomic E-state index is 0. The van der Waals surface area contributed by atoms with E-state index in [2.05, 4.69) is 0 Å². The second kappa shape index (κ2) is 9.35. The first-order valence-corrected chi connectivity index (χ1v) is 2.00. The number of hydrogen-bond acceptors (Lipinski definition) is 4. The van der Waals surface area contributed by atoms with Crippen LogP contribution in [0.3, 0.4) is 0 Å². The first kappa shape index (κ1) is 22.4. The maximum Gasteiger partial charge on any atom is 2.00 e. The molecular formula is BaClO4SZn+. The molecule has 0 aromatic rings. The molecule has 8 heavy (non-hydrogen) atoms. The zero-order chi connectivity index (χ0) is 4.50. The maximum atomic E-state index is 8.52. The SMILES string of the molecule is O=S(=O)([O-])[O-].[Ba+2].[Cl-].[Zn+2]. The summed E-state index contributed by atoms with van der Waals surface area (Å²) in [6.07, 6.45) is 0. The standard InChI is InChI=1S/Ba.ClH.H2O4S.Zn/c;;1-5(2,3)4;/h;1H;(H2,1,2,3,4);/q+2;;;+2/p-3. The third-order valence-electron chi connectivity index (χ3n) is 0. The Morgan fingerprint density at radius 3 is 1.12 bits per heavy atom. The molecule has 0 atom stereocenters. The van der Waals surface area contributed by atoms with E-state index in [4.69, 9.17) is 17.5 Å². The summed E-state index contributed by atoms with van der Waals surface area (Å²) >= 11 is 0. The van der Waals surface area contributed by atoms with Crippen molar-refractivity contribution >= 4 is 59.3 Å². The Hall–Kier alpha value is 2.35. The molecule has 0 aliphatic rings. The number of halogens is 1. The second-order valence-corrected chi connectivity index (χ2v) is 1.22. The van der Waals surface area contributed by atoms with Gasteiger partial charge in [-0.25, -0.2) is 0 Å². The summed E-state index contributed by atoms with van der Waals surface area (Å²) in [5.41, 5.74) is 0. The van der Waals surface area contributed by atoms with Crippen LogP contribution in [0.2, 0.25) is 0 Å².